The van der Waals surface area contributed by atoms with Crippen LogP contribution in [0.2, 0.25) is 10.6 Å². The summed E-state index contributed by atoms with van der Waals surface area (Å²) < 4.78 is 0. The molecule has 0 amide bonds. The van der Waals surface area contributed by atoms with Gasteiger partial charge in [0.1, 0.15) is 0 Å². The molecule has 0 aromatic carbocycles. The molecule has 156 valence electrons. The normalized spacial score (nSPS) is 11.2. The molecular formula is C24H50AlCl. The zero-order chi connectivity index (χ0) is 19.1. The molecule has 0 radical (unpaired) electrons. The van der Waals surface area contributed by atoms with Gasteiger partial charge in [0, 0.05) is 0 Å². The molecule has 0 saturated heterocycles. The van der Waals surface area contributed by atoms with Crippen molar-refractivity contribution in [1.82, 2.24) is 0 Å². The van der Waals surface area contributed by atoms with E-state index in [1.54, 1.807) is 0 Å². The second kappa shape index (κ2) is 23.9. The van der Waals surface area contributed by atoms with Gasteiger partial charge in [-0.05, 0) is 0 Å². The molecule has 0 N–H and O–H groups in total. The van der Waals surface area contributed by atoms with Crippen molar-refractivity contribution in [3.05, 3.63) is 0 Å². The minimum absolute atomic E-state index is 0.886. The Morgan fingerprint density at radius 1 is 0.385 bits per heavy atom. The first-order valence-electron chi connectivity index (χ1n) is 12.4. The zero-order valence-electron chi connectivity index (χ0n) is 18.5. The highest BCUT2D eigenvalue weighted by molar-refractivity contribution is 7.06. The number of hydrogen-bond acceptors (Lipinski definition) is 0. The molecule has 26 heavy (non-hydrogen) atoms. The minimum atomic E-state index is -0.886. The third-order valence-corrected chi connectivity index (χ3v) is 9.12. The van der Waals surface area contributed by atoms with Gasteiger partial charge in [-0.2, -0.15) is 0 Å². The summed E-state index contributed by atoms with van der Waals surface area (Å²) in [6.45, 7) is 4.59. The Balaban J connectivity index is 3.12. The van der Waals surface area contributed by atoms with E-state index in [0.717, 1.165) is 0 Å². The standard InChI is InChI=1S/2C12H25.Al.ClH/c2*1-3-5-7-9-11-12-10-8-6-4-2;;/h2*1,3-12H2,2H3;;1H/q;;+1;/p-1. The van der Waals surface area contributed by atoms with E-state index in [4.69, 9.17) is 10.0 Å². The van der Waals surface area contributed by atoms with Crippen LogP contribution in [0.25, 0.3) is 0 Å². The lowest BCUT2D eigenvalue weighted by Gasteiger charge is -2.05. The predicted molar refractivity (Wildman–Crippen MR) is 125 cm³/mol. The Kier molecular flexibility index (Phi) is 24.6. The van der Waals surface area contributed by atoms with E-state index in [9.17, 15) is 0 Å². The lowest BCUT2D eigenvalue weighted by atomic mass is 10.1. The van der Waals surface area contributed by atoms with E-state index < -0.39 is 13.2 Å². The first-order valence-corrected chi connectivity index (χ1v) is 15.8. The van der Waals surface area contributed by atoms with Gasteiger partial charge in [-0.15, -0.1) is 0 Å². The van der Waals surface area contributed by atoms with Crippen LogP contribution in [0.4, 0.5) is 0 Å². The summed E-state index contributed by atoms with van der Waals surface area (Å²) in [5.41, 5.74) is 0. The Hall–Kier alpha value is 0.822. The number of unbranched alkanes of at least 4 members (excludes halogenated alkanes) is 18. The van der Waals surface area contributed by atoms with Gasteiger partial charge in [0.2, 0.25) is 0 Å². The van der Waals surface area contributed by atoms with Crippen LogP contribution >= 0.6 is 10.0 Å². The highest BCUT2D eigenvalue weighted by atomic mass is 35.6. The van der Waals surface area contributed by atoms with E-state index in [0.29, 0.717) is 0 Å². The smallest absolute Gasteiger partial charge is 0.261 e. The molecule has 0 unspecified atom stereocenters. The molecule has 0 aromatic heterocycles. The lowest BCUT2D eigenvalue weighted by Crippen LogP contribution is -2.02. The van der Waals surface area contributed by atoms with Crippen LogP contribution in [0.15, 0.2) is 0 Å². The molecule has 0 bridgehead atoms. The lowest BCUT2D eigenvalue weighted by molar-refractivity contribution is 0.560. The summed E-state index contributed by atoms with van der Waals surface area (Å²) in [7, 11) is 6.64. The second-order valence-electron chi connectivity index (χ2n) is 8.54. The second-order valence-corrected chi connectivity index (χ2v) is 12.7. The first kappa shape index (κ1) is 26.8. The fraction of sp³-hybridized carbons (Fsp3) is 1.00. The fourth-order valence-electron chi connectivity index (χ4n) is 3.85. The van der Waals surface area contributed by atoms with Crippen LogP contribution in [0.5, 0.6) is 0 Å². The van der Waals surface area contributed by atoms with Crippen LogP contribution in [0.1, 0.15) is 142 Å². The molecule has 0 rings (SSSR count). The average molecular weight is 401 g/mol. The first-order chi connectivity index (χ1) is 12.8. The maximum absolute atomic E-state index is 6.64. The van der Waals surface area contributed by atoms with Crippen LogP contribution in [0, 0.1) is 0 Å². The molecule has 0 atom stereocenters. The van der Waals surface area contributed by atoms with Gasteiger partial charge in [-0.3, -0.25) is 10.0 Å². The number of rotatable bonds is 22. The van der Waals surface area contributed by atoms with E-state index in [2.05, 4.69) is 13.8 Å². The van der Waals surface area contributed by atoms with Gasteiger partial charge in [-0.25, -0.2) is 0 Å². The highest BCUT2D eigenvalue weighted by Gasteiger charge is 2.13. The Labute approximate surface area is 175 Å². The third kappa shape index (κ3) is 22.9. The summed E-state index contributed by atoms with van der Waals surface area (Å²) in [5.74, 6) is 0. The highest BCUT2D eigenvalue weighted by Crippen LogP contribution is 2.18. The molecule has 0 aliphatic heterocycles. The van der Waals surface area contributed by atoms with Gasteiger partial charge < -0.3 is 0 Å². The van der Waals surface area contributed by atoms with Gasteiger partial charge in [0.25, 0.3) is 0 Å². The molecule has 0 spiro atoms. The summed E-state index contributed by atoms with van der Waals surface area (Å²) in [4.78, 5) is 0. The van der Waals surface area contributed by atoms with Gasteiger partial charge in [0.15, 0.2) is 0 Å². The molecule has 0 nitrogen and oxygen atoms in total. The van der Waals surface area contributed by atoms with Gasteiger partial charge in [0.05, 0.1) is 0 Å². The molecule has 0 saturated carbocycles. The van der Waals surface area contributed by atoms with E-state index in [-0.39, 0.29) is 0 Å². The molecule has 0 aliphatic rings. The maximum atomic E-state index is 6.64. The zero-order valence-corrected chi connectivity index (χ0v) is 20.4. The van der Waals surface area contributed by atoms with Crippen LogP contribution < -0.4 is 0 Å². The van der Waals surface area contributed by atoms with Crippen molar-refractivity contribution in [3.63, 3.8) is 0 Å². The topological polar surface area (TPSA) is 0 Å². The molecule has 0 fully saturated rings. The van der Waals surface area contributed by atoms with Gasteiger partial charge >= 0.3 is 13.2 Å². The maximum Gasteiger partial charge on any atom is 0.399 e. The predicted octanol–water partition coefficient (Wildman–Crippen LogP) is 10.1. The number of hydrogen-bond donors (Lipinski definition) is 0. The van der Waals surface area contributed by atoms with Crippen LogP contribution in [0.3, 0.4) is 0 Å². The average Bonchev–Trinajstić information content (AvgIpc) is 2.64. The minimum Gasteiger partial charge on any atom is -0.261 e. The molecule has 0 aromatic rings. The van der Waals surface area contributed by atoms with Crippen molar-refractivity contribution in [2.75, 3.05) is 0 Å². The van der Waals surface area contributed by atoms with Gasteiger partial charge in [-0.1, -0.05) is 153 Å². The van der Waals surface area contributed by atoms with Crippen molar-refractivity contribution in [2.24, 2.45) is 0 Å². The monoisotopic (exact) mass is 400 g/mol. The summed E-state index contributed by atoms with van der Waals surface area (Å²) >= 11 is -0.886. The summed E-state index contributed by atoms with van der Waals surface area (Å²) in [5, 5.41) is 2.77. The van der Waals surface area contributed by atoms with E-state index in [1.807, 2.05) is 0 Å². The van der Waals surface area contributed by atoms with Crippen molar-refractivity contribution < 1.29 is 0 Å². The third-order valence-electron chi connectivity index (χ3n) is 5.74. The van der Waals surface area contributed by atoms with Crippen molar-refractivity contribution in [1.29, 1.82) is 0 Å². The quantitative estimate of drug-likeness (QED) is 0.125. The van der Waals surface area contributed by atoms with Crippen LogP contribution in [-0.4, -0.2) is 13.2 Å². The Morgan fingerprint density at radius 3 is 0.885 bits per heavy atom. The molecule has 0 aliphatic carbocycles. The summed E-state index contributed by atoms with van der Waals surface area (Å²) in [6, 6.07) is 0. The van der Waals surface area contributed by atoms with Crippen molar-refractivity contribution >= 4 is 23.3 Å². The Morgan fingerprint density at radius 2 is 0.615 bits per heavy atom. The Bertz CT molecular complexity index is 220. The van der Waals surface area contributed by atoms with E-state index in [1.165, 1.54) is 139 Å². The van der Waals surface area contributed by atoms with E-state index >= 15 is 0 Å². The van der Waals surface area contributed by atoms with Crippen molar-refractivity contribution in [2.45, 2.75) is 153 Å². The molecule has 0 heterocycles. The van der Waals surface area contributed by atoms with Crippen molar-refractivity contribution in [3.8, 4) is 0 Å². The molecule has 2 heteroatoms. The number of halogens is 1. The fourth-order valence-corrected chi connectivity index (χ4v) is 6.53. The molecular weight excluding hydrogens is 351 g/mol. The largest absolute Gasteiger partial charge is 0.399 e. The summed E-state index contributed by atoms with van der Waals surface area (Å²) in [6.07, 6.45) is 28.8. The SMILES string of the molecule is CCCCCCCCCCC[CH2][Al]([Cl])[CH2]CCCCCCCCCCC. The van der Waals surface area contributed by atoms with Crippen LogP contribution in [-0.2, 0) is 0 Å².